The van der Waals surface area contributed by atoms with Gasteiger partial charge in [0.05, 0.1) is 0 Å². The molecule has 0 aliphatic rings. The van der Waals surface area contributed by atoms with Gasteiger partial charge in [-0.2, -0.15) is 0 Å². The van der Waals surface area contributed by atoms with Gasteiger partial charge in [0.15, 0.2) is 0 Å². The van der Waals surface area contributed by atoms with Gasteiger partial charge in [-0.1, -0.05) is 30.3 Å². The molecule has 118 valence electrons. The minimum Gasteiger partial charge on any atom is -0.423 e. The first-order valence-electron chi connectivity index (χ1n) is 7.92. The molecule has 3 heteroatoms. The largest absolute Gasteiger partial charge is 0.423 e. The van der Waals surface area contributed by atoms with Gasteiger partial charge >= 0.3 is 5.63 Å². The highest BCUT2D eigenvalue weighted by molar-refractivity contribution is 5.81. The van der Waals surface area contributed by atoms with Crippen LogP contribution in [0.2, 0.25) is 0 Å². The Balaban J connectivity index is 1.74. The van der Waals surface area contributed by atoms with E-state index in [2.05, 4.69) is 42.6 Å². The zero-order chi connectivity index (χ0) is 16.2. The van der Waals surface area contributed by atoms with Crippen molar-refractivity contribution in [2.75, 3.05) is 6.54 Å². The van der Waals surface area contributed by atoms with Crippen LogP contribution in [0.4, 0.5) is 0 Å². The molecule has 1 N–H and O–H groups in total. The number of hydrogen-bond donors (Lipinski definition) is 1. The highest BCUT2D eigenvalue weighted by atomic mass is 16.4. The SMILES string of the molecule is Cc1cc2oc(=O)cc(CNCCc3ccccc3)c2cc1C. The van der Waals surface area contributed by atoms with Crippen molar-refractivity contribution in [3.8, 4) is 0 Å². The van der Waals surface area contributed by atoms with E-state index in [0.29, 0.717) is 12.1 Å². The lowest BCUT2D eigenvalue weighted by molar-refractivity contribution is 0.556. The summed E-state index contributed by atoms with van der Waals surface area (Å²) in [6.45, 7) is 5.64. The molecule has 3 aromatic rings. The number of aryl methyl sites for hydroxylation is 2. The second kappa shape index (κ2) is 6.80. The molecule has 1 aromatic heterocycles. The molecule has 0 saturated heterocycles. The predicted molar refractivity (Wildman–Crippen MR) is 93.8 cm³/mol. The molecule has 0 saturated carbocycles. The third-order valence-corrected chi connectivity index (χ3v) is 4.19. The lowest BCUT2D eigenvalue weighted by Crippen LogP contribution is -2.18. The third-order valence-electron chi connectivity index (χ3n) is 4.19. The van der Waals surface area contributed by atoms with Gasteiger partial charge in [-0.3, -0.25) is 0 Å². The predicted octanol–water partition coefficient (Wildman–Crippen LogP) is 3.74. The van der Waals surface area contributed by atoms with Gasteiger partial charge in [0.2, 0.25) is 0 Å². The van der Waals surface area contributed by atoms with Crippen LogP contribution in [-0.4, -0.2) is 6.54 Å². The van der Waals surface area contributed by atoms with E-state index in [1.807, 2.05) is 19.1 Å². The lowest BCUT2D eigenvalue weighted by atomic mass is 10.0. The number of nitrogens with one attached hydrogen (secondary N) is 1. The number of rotatable bonds is 5. The fourth-order valence-electron chi connectivity index (χ4n) is 2.73. The van der Waals surface area contributed by atoms with Gasteiger partial charge in [-0.05, 0) is 61.2 Å². The van der Waals surface area contributed by atoms with E-state index in [-0.39, 0.29) is 5.63 Å². The van der Waals surface area contributed by atoms with Crippen molar-refractivity contribution in [3.05, 3.63) is 81.2 Å². The molecule has 0 bridgehead atoms. The summed E-state index contributed by atoms with van der Waals surface area (Å²) >= 11 is 0. The maximum absolute atomic E-state index is 11.8. The summed E-state index contributed by atoms with van der Waals surface area (Å²) in [6, 6.07) is 16.0. The van der Waals surface area contributed by atoms with E-state index in [1.165, 1.54) is 11.1 Å². The van der Waals surface area contributed by atoms with Gasteiger partial charge in [0, 0.05) is 18.0 Å². The molecule has 0 aliphatic carbocycles. The molecule has 0 fully saturated rings. The lowest BCUT2D eigenvalue weighted by Gasteiger charge is -2.09. The zero-order valence-corrected chi connectivity index (χ0v) is 13.6. The molecular weight excluding hydrogens is 286 g/mol. The van der Waals surface area contributed by atoms with Crippen LogP contribution >= 0.6 is 0 Å². The highest BCUT2D eigenvalue weighted by Gasteiger charge is 2.07. The van der Waals surface area contributed by atoms with Crippen LogP contribution in [0.15, 0.2) is 57.7 Å². The Bertz CT molecular complexity index is 866. The topological polar surface area (TPSA) is 42.2 Å². The van der Waals surface area contributed by atoms with Crippen molar-refractivity contribution in [1.82, 2.24) is 5.32 Å². The smallest absolute Gasteiger partial charge is 0.336 e. The molecule has 3 rings (SSSR count). The Kier molecular flexibility index (Phi) is 4.58. The van der Waals surface area contributed by atoms with E-state index < -0.39 is 0 Å². The minimum absolute atomic E-state index is 0.291. The monoisotopic (exact) mass is 307 g/mol. The highest BCUT2D eigenvalue weighted by Crippen LogP contribution is 2.21. The summed E-state index contributed by atoms with van der Waals surface area (Å²) in [4.78, 5) is 11.8. The Labute approximate surface area is 136 Å². The first-order chi connectivity index (χ1) is 11.1. The molecule has 0 atom stereocenters. The van der Waals surface area contributed by atoms with Gasteiger partial charge in [0.25, 0.3) is 0 Å². The Morgan fingerprint density at radius 2 is 1.74 bits per heavy atom. The van der Waals surface area contributed by atoms with Crippen molar-refractivity contribution in [1.29, 1.82) is 0 Å². The Morgan fingerprint density at radius 1 is 1.00 bits per heavy atom. The summed E-state index contributed by atoms with van der Waals surface area (Å²) in [5.74, 6) is 0. The van der Waals surface area contributed by atoms with E-state index in [0.717, 1.165) is 29.5 Å². The summed E-state index contributed by atoms with van der Waals surface area (Å²) < 4.78 is 5.33. The molecule has 0 spiro atoms. The minimum atomic E-state index is -0.291. The Hall–Kier alpha value is -2.39. The number of benzene rings is 2. The van der Waals surface area contributed by atoms with Gasteiger partial charge < -0.3 is 9.73 Å². The van der Waals surface area contributed by atoms with Crippen LogP contribution in [-0.2, 0) is 13.0 Å². The van der Waals surface area contributed by atoms with Crippen LogP contribution in [0.3, 0.4) is 0 Å². The fourth-order valence-corrected chi connectivity index (χ4v) is 2.73. The molecule has 0 unspecified atom stereocenters. The number of hydrogen-bond acceptors (Lipinski definition) is 3. The molecule has 2 aromatic carbocycles. The molecule has 0 aliphatic heterocycles. The molecule has 23 heavy (non-hydrogen) atoms. The van der Waals surface area contributed by atoms with Gasteiger partial charge in [-0.15, -0.1) is 0 Å². The maximum Gasteiger partial charge on any atom is 0.336 e. The van der Waals surface area contributed by atoms with Crippen LogP contribution < -0.4 is 10.9 Å². The quantitative estimate of drug-likeness (QED) is 0.577. The summed E-state index contributed by atoms with van der Waals surface area (Å²) in [5.41, 5.74) is 5.02. The van der Waals surface area contributed by atoms with E-state index in [9.17, 15) is 4.79 Å². The Morgan fingerprint density at radius 3 is 2.52 bits per heavy atom. The second-order valence-electron chi connectivity index (χ2n) is 5.94. The molecule has 0 amide bonds. The van der Waals surface area contributed by atoms with Crippen molar-refractivity contribution in [2.45, 2.75) is 26.8 Å². The average Bonchev–Trinajstić information content (AvgIpc) is 2.54. The van der Waals surface area contributed by atoms with E-state index in [1.54, 1.807) is 6.07 Å². The van der Waals surface area contributed by atoms with Crippen LogP contribution in [0.5, 0.6) is 0 Å². The van der Waals surface area contributed by atoms with Crippen LogP contribution in [0, 0.1) is 13.8 Å². The third kappa shape index (κ3) is 3.69. The molecule has 0 radical (unpaired) electrons. The van der Waals surface area contributed by atoms with Crippen molar-refractivity contribution in [3.63, 3.8) is 0 Å². The standard InChI is InChI=1S/C20H21NO2/c1-14-10-18-17(12-20(22)23-19(18)11-15(14)2)13-21-9-8-16-6-4-3-5-7-16/h3-7,10-12,21H,8-9,13H2,1-2H3. The van der Waals surface area contributed by atoms with Crippen molar-refractivity contribution < 1.29 is 4.42 Å². The van der Waals surface area contributed by atoms with Gasteiger partial charge in [0.1, 0.15) is 5.58 Å². The molecule has 3 nitrogen and oxygen atoms in total. The average molecular weight is 307 g/mol. The second-order valence-corrected chi connectivity index (χ2v) is 5.94. The summed E-state index contributed by atoms with van der Waals surface area (Å²) in [7, 11) is 0. The van der Waals surface area contributed by atoms with Crippen molar-refractivity contribution >= 4 is 11.0 Å². The molecule has 1 heterocycles. The van der Waals surface area contributed by atoms with Crippen LogP contribution in [0.25, 0.3) is 11.0 Å². The zero-order valence-electron chi connectivity index (χ0n) is 13.6. The first kappa shape index (κ1) is 15.5. The summed E-state index contributed by atoms with van der Waals surface area (Å²) in [6.07, 6.45) is 0.971. The van der Waals surface area contributed by atoms with E-state index in [4.69, 9.17) is 4.42 Å². The van der Waals surface area contributed by atoms with Crippen LogP contribution in [0.1, 0.15) is 22.3 Å². The number of fused-ring (bicyclic) bond motifs is 1. The first-order valence-corrected chi connectivity index (χ1v) is 7.92. The normalized spacial score (nSPS) is 11.0. The molecular formula is C20H21NO2. The van der Waals surface area contributed by atoms with Crippen molar-refractivity contribution in [2.24, 2.45) is 0 Å². The summed E-state index contributed by atoms with van der Waals surface area (Å²) in [5, 5.41) is 4.44. The van der Waals surface area contributed by atoms with Gasteiger partial charge in [-0.25, -0.2) is 4.79 Å². The fraction of sp³-hybridized carbons (Fsp3) is 0.250. The van der Waals surface area contributed by atoms with E-state index >= 15 is 0 Å². The maximum atomic E-state index is 11.8.